The van der Waals surface area contributed by atoms with Crippen molar-refractivity contribution in [3.05, 3.63) is 62.6 Å². The molecule has 0 aliphatic rings. The summed E-state index contributed by atoms with van der Waals surface area (Å²) in [6.07, 6.45) is 0.783. The number of aromatic nitrogens is 1. The predicted molar refractivity (Wildman–Crippen MR) is 115 cm³/mol. The number of benzene rings is 2. The summed E-state index contributed by atoms with van der Waals surface area (Å²) in [5, 5.41) is 11.5. The predicted octanol–water partition coefficient (Wildman–Crippen LogP) is 4.57. The number of fused-ring (bicyclic) bond motifs is 1. The standard InChI is InChI=1S/C19H19BrN4O3S/c1-22(2)10-3-11-23(18(25)13-4-7-15(8-5-13)24(26)27)19-21-16-9-6-14(20)12-17(16)28-19/h4-9,12H,3,10-11H2,1-2H3. The number of carbonyl (C=O) groups excluding carboxylic acids is 1. The average Bonchev–Trinajstić information content (AvgIpc) is 3.07. The van der Waals surface area contributed by atoms with E-state index in [2.05, 4.69) is 25.8 Å². The minimum Gasteiger partial charge on any atom is -0.309 e. The topological polar surface area (TPSA) is 79.6 Å². The maximum Gasteiger partial charge on any atom is 0.269 e. The molecule has 146 valence electrons. The van der Waals surface area contributed by atoms with Crippen molar-refractivity contribution in [2.45, 2.75) is 6.42 Å². The van der Waals surface area contributed by atoms with Gasteiger partial charge < -0.3 is 4.90 Å². The second-order valence-electron chi connectivity index (χ2n) is 6.53. The summed E-state index contributed by atoms with van der Waals surface area (Å²) in [6, 6.07) is 11.5. The highest BCUT2D eigenvalue weighted by Gasteiger charge is 2.22. The van der Waals surface area contributed by atoms with E-state index in [4.69, 9.17) is 0 Å². The first-order chi connectivity index (χ1) is 13.3. The van der Waals surface area contributed by atoms with E-state index in [1.165, 1.54) is 35.6 Å². The van der Waals surface area contributed by atoms with Crippen molar-refractivity contribution in [1.29, 1.82) is 0 Å². The fourth-order valence-electron chi connectivity index (χ4n) is 2.71. The van der Waals surface area contributed by atoms with Crippen molar-refractivity contribution in [1.82, 2.24) is 9.88 Å². The maximum absolute atomic E-state index is 13.1. The third-order valence-electron chi connectivity index (χ3n) is 4.13. The number of hydrogen-bond donors (Lipinski definition) is 0. The second-order valence-corrected chi connectivity index (χ2v) is 8.45. The lowest BCUT2D eigenvalue weighted by Crippen LogP contribution is -2.33. The van der Waals surface area contributed by atoms with Crippen LogP contribution in [0.4, 0.5) is 10.8 Å². The Morgan fingerprint density at radius 2 is 1.89 bits per heavy atom. The van der Waals surface area contributed by atoms with E-state index in [-0.39, 0.29) is 11.6 Å². The quantitative estimate of drug-likeness (QED) is 0.379. The largest absolute Gasteiger partial charge is 0.309 e. The summed E-state index contributed by atoms with van der Waals surface area (Å²) < 4.78 is 1.94. The van der Waals surface area contributed by atoms with Gasteiger partial charge in [0.2, 0.25) is 0 Å². The van der Waals surface area contributed by atoms with Crippen LogP contribution in [-0.4, -0.2) is 47.9 Å². The molecule has 0 fully saturated rings. The van der Waals surface area contributed by atoms with Gasteiger partial charge in [-0.1, -0.05) is 27.3 Å². The molecule has 0 spiro atoms. The minimum absolute atomic E-state index is 0.0412. The first-order valence-corrected chi connectivity index (χ1v) is 10.2. The molecule has 3 rings (SSSR count). The molecule has 9 heteroatoms. The third-order valence-corrected chi connectivity index (χ3v) is 5.66. The Bertz CT molecular complexity index is 1000. The van der Waals surface area contributed by atoms with Gasteiger partial charge in [0.1, 0.15) is 0 Å². The zero-order chi connectivity index (χ0) is 20.3. The Morgan fingerprint density at radius 1 is 1.18 bits per heavy atom. The lowest BCUT2D eigenvalue weighted by atomic mass is 10.2. The van der Waals surface area contributed by atoms with Gasteiger partial charge in [-0.25, -0.2) is 4.98 Å². The number of thiazole rings is 1. The number of nitrogens with zero attached hydrogens (tertiary/aromatic N) is 4. The summed E-state index contributed by atoms with van der Waals surface area (Å²) >= 11 is 4.91. The van der Waals surface area contributed by atoms with Gasteiger partial charge in [-0.2, -0.15) is 0 Å². The Hall–Kier alpha value is -2.36. The number of non-ortho nitro benzene ring substituents is 1. The van der Waals surface area contributed by atoms with Gasteiger partial charge in [-0.05, 0) is 57.4 Å². The van der Waals surface area contributed by atoms with Crippen LogP contribution in [0.2, 0.25) is 0 Å². The van der Waals surface area contributed by atoms with E-state index in [0.29, 0.717) is 17.2 Å². The van der Waals surface area contributed by atoms with E-state index in [9.17, 15) is 14.9 Å². The van der Waals surface area contributed by atoms with Crippen LogP contribution >= 0.6 is 27.3 Å². The number of rotatable bonds is 7. The number of anilines is 1. The van der Waals surface area contributed by atoms with E-state index in [0.717, 1.165) is 27.7 Å². The Balaban J connectivity index is 1.92. The molecule has 2 aromatic carbocycles. The Morgan fingerprint density at radius 3 is 2.54 bits per heavy atom. The first-order valence-electron chi connectivity index (χ1n) is 8.62. The molecule has 0 bridgehead atoms. The summed E-state index contributed by atoms with van der Waals surface area (Å²) in [6.45, 7) is 1.34. The third kappa shape index (κ3) is 4.73. The summed E-state index contributed by atoms with van der Waals surface area (Å²) in [4.78, 5) is 31.9. The van der Waals surface area contributed by atoms with Crippen LogP contribution in [-0.2, 0) is 0 Å². The normalized spacial score (nSPS) is 11.1. The average molecular weight is 463 g/mol. The molecule has 1 aromatic heterocycles. The smallest absolute Gasteiger partial charge is 0.269 e. The fourth-order valence-corrected chi connectivity index (χ4v) is 4.25. The van der Waals surface area contributed by atoms with Gasteiger partial charge in [0.25, 0.3) is 11.6 Å². The van der Waals surface area contributed by atoms with Crippen molar-refractivity contribution in [2.24, 2.45) is 0 Å². The number of nitro benzene ring substituents is 1. The number of hydrogen-bond acceptors (Lipinski definition) is 6. The van der Waals surface area contributed by atoms with Gasteiger partial charge in [-0.3, -0.25) is 19.8 Å². The molecule has 28 heavy (non-hydrogen) atoms. The van der Waals surface area contributed by atoms with E-state index in [1.54, 1.807) is 4.90 Å². The van der Waals surface area contributed by atoms with E-state index in [1.807, 2.05) is 32.3 Å². The molecule has 3 aromatic rings. The Kier molecular flexibility index (Phi) is 6.38. The van der Waals surface area contributed by atoms with Crippen molar-refractivity contribution in [2.75, 3.05) is 32.1 Å². The van der Waals surface area contributed by atoms with Gasteiger partial charge in [-0.15, -0.1) is 0 Å². The lowest BCUT2D eigenvalue weighted by Gasteiger charge is -2.21. The maximum atomic E-state index is 13.1. The fraction of sp³-hybridized carbons (Fsp3) is 0.263. The number of amides is 1. The highest BCUT2D eigenvalue weighted by Crippen LogP contribution is 2.32. The van der Waals surface area contributed by atoms with Crippen LogP contribution in [0, 0.1) is 10.1 Å². The monoisotopic (exact) mass is 462 g/mol. The first kappa shape index (κ1) is 20.4. The van der Waals surface area contributed by atoms with Crippen molar-refractivity contribution >= 4 is 54.2 Å². The van der Waals surface area contributed by atoms with Crippen molar-refractivity contribution < 1.29 is 9.72 Å². The summed E-state index contributed by atoms with van der Waals surface area (Å²) in [7, 11) is 3.97. The van der Waals surface area contributed by atoms with Crippen LogP contribution < -0.4 is 4.90 Å². The van der Waals surface area contributed by atoms with Gasteiger partial charge >= 0.3 is 0 Å². The lowest BCUT2D eigenvalue weighted by molar-refractivity contribution is -0.384. The number of halogens is 1. The molecule has 0 saturated carbocycles. The van der Waals surface area contributed by atoms with Gasteiger partial charge in [0.15, 0.2) is 5.13 Å². The van der Waals surface area contributed by atoms with Crippen LogP contribution in [0.15, 0.2) is 46.9 Å². The van der Waals surface area contributed by atoms with Gasteiger partial charge in [0, 0.05) is 28.7 Å². The minimum atomic E-state index is -0.478. The zero-order valence-electron chi connectivity index (χ0n) is 15.5. The van der Waals surface area contributed by atoms with Crippen LogP contribution in [0.25, 0.3) is 10.2 Å². The molecule has 1 heterocycles. The molecular weight excluding hydrogens is 444 g/mol. The summed E-state index contributed by atoms with van der Waals surface area (Å²) in [5.74, 6) is -0.216. The van der Waals surface area contributed by atoms with Crippen LogP contribution in [0.5, 0.6) is 0 Å². The molecule has 0 aliphatic heterocycles. The highest BCUT2D eigenvalue weighted by molar-refractivity contribution is 9.10. The number of carbonyl (C=O) groups is 1. The molecule has 7 nitrogen and oxygen atoms in total. The molecular formula is C19H19BrN4O3S. The molecule has 0 atom stereocenters. The molecule has 0 saturated heterocycles. The zero-order valence-corrected chi connectivity index (χ0v) is 17.9. The van der Waals surface area contributed by atoms with Crippen LogP contribution in [0.3, 0.4) is 0 Å². The Labute approximate surface area is 174 Å². The van der Waals surface area contributed by atoms with Gasteiger partial charge in [0.05, 0.1) is 15.1 Å². The molecule has 0 N–H and O–H groups in total. The molecule has 1 amide bonds. The van der Waals surface area contributed by atoms with E-state index < -0.39 is 4.92 Å². The van der Waals surface area contributed by atoms with E-state index >= 15 is 0 Å². The molecule has 0 radical (unpaired) electrons. The molecule has 0 unspecified atom stereocenters. The summed E-state index contributed by atoms with van der Waals surface area (Å²) in [5.41, 5.74) is 1.19. The van der Waals surface area contributed by atoms with Crippen LogP contribution in [0.1, 0.15) is 16.8 Å². The SMILES string of the molecule is CN(C)CCCN(C(=O)c1ccc([N+](=O)[O-])cc1)c1nc2ccc(Br)cc2s1. The molecule has 0 aliphatic carbocycles. The van der Waals surface area contributed by atoms with Crippen molar-refractivity contribution in [3.8, 4) is 0 Å². The second kappa shape index (κ2) is 8.76. The number of nitro groups is 1. The highest BCUT2D eigenvalue weighted by atomic mass is 79.9. The van der Waals surface area contributed by atoms with Crippen molar-refractivity contribution in [3.63, 3.8) is 0 Å².